The van der Waals surface area contributed by atoms with E-state index in [1.54, 1.807) is 12.3 Å². The molecular formula is C24H42N2O4Si2. The molecule has 2 unspecified atom stereocenters. The highest BCUT2D eigenvalue weighted by Crippen LogP contribution is 2.45. The van der Waals surface area contributed by atoms with E-state index in [9.17, 15) is 10.1 Å². The number of hydrogen-bond donors (Lipinski definition) is 0. The maximum atomic E-state index is 11.6. The van der Waals surface area contributed by atoms with Crippen molar-refractivity contribution >= 4 is 27.9 Å². The van der Waals surface area contributed by atoms with Crippen LogP contribution in [0.25, 0.3) is 5.57 Å². The summed E-state index contributed by atoms with van der Waals surface area (Å²) in [5, 5.41) is 11.8. The van der Waals surface area contributed by atoms with Gasteiger partial charge >= 0.3 is 0 Å². The Morgan fingerprint density at radius 1 is 1.03 bits per heavy atom. The lowest BCUT2D eigenvalue weighted by Crippen LogP contribution is -2.54. The van der Waals surface area contributed by atoms with Crippen LogP contribution in [0.15, 0.2) is 24.5 Å². The van der Waals surface area contributed by atoms with Crippen molar-refractivity contribution in [2.24, 2.45) is 5.92 Å². The molecule has 1 aliphatic rings. The number of hydrogen-bond acceptors (Lipinski definition) is 5. The molecule has 0 aliphatic heterocycles. The topological polar surface area (TPSA) is 74.5 Å². The third kappa shape index (κ3) is 5.76. The summed E-state index contributed by atoms with van der Waals surface area (Å²) >= 11 is 0. The van der Waals surface area contributed by atoms with Crippen molar-refractivity contribution in [1.29, 1.82) is 0 Å². The molecule has 1 aromatic heterocycles. The smallest absolute Gasteiger partial charge is 0.294 e. The van der Waals surface area contributed by atoms with Crippen molar-refractivity contribution in [3.8, 4) is 0 Å². The Bertz CT molecular complexity index is 869. The fourth-order valence-corrected chi connectivity index (χ4v) is 6.11. The van der Waals surface area contributed by atoms with Crippen LogP contribution in [0, 0.1) is 16.0 Å². The van der Waals surface area contributed by atoms with Crippen LogP contribution in [0.5, 0.6) is 0 Å². The van der Waals surface area contributed by atoms with Gasteiger partial charge in [0, 0.05) is 6.20 Å². The minimum atomic E-state index is -2.11. The Hall–Kier alpha value is -1.36. The van der Waals surface area contributed by atoms with Crippen molar-refractivity contribution in [3.63, 3.8) is 0 Å². The van der Waals surface area contributed by atoms with Gasteiger partial charge < -0.3 is 8.85 Å². The Balaban J connectivity index is 2.56. The van der Waals surface area contributed by atoms with Crippen LogP contribution in [0.3, 0.4) is 0 Å². The number of aromatic nitrogens is 1. The van der Waals surface area contributed by atoms with Gasteiger partial charge in [-0.25, -0.2) is 0 Å². The molecule has 8 heteroatoms. The summed E-state index contributed by atoms with van der Waals surface area (Å²) in [7, 11) is -4.15. The van der Waals surface area contributed by atoms with E-state index in [-0.39, 0.29) is 38.8 Å². The summed E-state index contributed by atoms with van der Waals surface area (Å²) in [4.78, 5) is 15.3. The van der Waals surface area contributed by atoms with Gasteiger partial charge in [-0.15, -0.1) is 0 Å². The second kappa shape index (κ2) is 9.12. The molecule has 0 radical (unpaired) electrons. The third-order valence-corrected chi connectivity index (χ3v) is 16.6. The lowest BCUT2D eigenvalue weighted by molar-refractivity contribution is -0.385. The predicted molar refractivity (Wildman–Crippen MR) is 137 cm³/mol. The van der Waals surface area contributed by atoms with Crippen molar-refractivity contribution in [1.82, 2.24) is 4.98 Å². The molecule has 0 spiro atoms. The van der Waals surface area contributed by atoms with E-state index in [0.29, 0.717) is 12.0 Å². The minimum absolute atomic E-state index is 0.0424. The molecule has 6 nitrogen and oxygen atoms in total. The summed E-state index contributed by atoms with van der Waals surface area (Å²) in [6.45, 7) is 24.7. The summed E-state index contributed by atoms with van der Waals surface area (Å²) in [5.41, 5.74) is 1.62. The van der Waals surface area contributed by atoms with E-state index in [2.05, 4.69) is 85.7 Å². The van der Waals surface area contributed by atoms with Gasteiger partial charge in [-0.1, -0.05) is 54.5 Å². The van der Waals surface area contributed by atoms with Gasteiger partial charge in [-0.2, -0.15) is 0 Å². The summed E-state index contributed by atoms with van der Waals surface area (Å²) in [6.07, 6.45) is 5.45. The average Bonchev–Trinajstić information content (AvgIpc) is 2.62. The minimum Gasteiger partial charge on any atom is -0.411 e. The zero-order valence-corrected chi connectivity index (χ0v) is 23.8. The molecule has 0 N–H and O–H groups in total. The van der Waals surface area contributed by atoms with Crippen LogP contribution in [-0.2, 0) is 8.85 Å². The van der Waals surface area contributed by atoms with Gasteiger partial charge in [0.15, 0.2) is 16.6 Å². The number of nitro groups is 1. The van der Waals surface area contributed by atoms with E-state index in [4.69, 9.17) is 8.85 Å². The van der Waals surface area contributed by atoms with Gasteiger partial charge in [-0.3, -0.25) is 15.1 Å². The van der Waals surface area contributed by atoms with Gasteiger partial charge in [0.25, 0.3) is 5.69 Å². The van der Waals surface area contributed by atoms with Crippen molar-refractivity contribution in [2.45, 2.75) is 103 Å². The van der Waals surface area contributed by atoms with E-state index >= 15 is 0 Å². The number of rotatable bonds is 6. The Morgan fingerprint density at radius 3 is 2.06 bits per heavy atom. The van der Waals surface area contributed by atoms with Crippen LogP contribution in [0.1, 0.15) is 60.5 Å². The standard InChI is InChI=1S/C24H42N2O4Si2/c1-17-14-18(19-12-13-25-16-20(19)26(27)28)15-21(29-31(8,9)23(2,3)4)22(17)30-32(10,11)24(5,6)7/h12-13,15-17,21-22H,14H2,1-11H3/t17?,21-,22?/m0/s1. The molecule has 32 heavy (non-hydrogen) atoms. The molecule has 0 bridgehead atoms. The zero-order chi connectivity index (χ0) is 24.7. The lowest BCUT2D eigenvalue weighted by atomic mass is 9.83. The third-order valence-electron chi connectivity index (χ3n) is 7.61. The van der Waals surface area contributed by atoms with Gasteiger partial charge in [0.05, 0.1) is 22.7 Å². The molecule has 0 aromatic carbocycles. The molecule has 1 heterocycles. The first-order valence-electron chi connectivity index (χ1n) is 11.5. The van der Waals surface area contributed by atoms with Gasteiger partial charge in [-0.05, 0) is 60.2 Å². The van der Waals surface area contributed by atoms with E-state index in [1.807, 2.05) is 0 Å². The van der Waals surface area contributed by atoms with E-state index in [0.717, 1.165) is 5.57 Å². The SMILES string of the molecule is CC1CC(c2ccncc2[N+](=O)[O-])=C[C@H](O[Si](C)(C)C(C)(C)C)C1O[Si](C)(C)C(C)(C)C. The molecule has 1 aliphatic carbocycles. The van der Waals surface area contributed by atoms with Crippen LogP contribution in [-0.4, -0.2) is 38.8 Å². The zero-order valence-electron chi connectivity index (χ0n) is 21.8. The molecule has 0 saturated carbocycles. The predicted octanol–water partition coefficient (Wildman–Crippen LogP) is 7.19. The highest BCUT2D eigenvalue weighted by Gasteiger charge is 2.47. The lowest BCUT2D eigenvalue weighted by Gasteiger charge is -2.47. The molecular weight excluding hydrogens is 436 g/mol. The second-order valence-electron chi connectivity index (χ2n) is 12.2. The fraction of sp³-hybridized carbons (Fsp3) is 0.708. The molecule has 3 atom stereocenters. The molecule has 0 amide bonds. The molecule has 2 rings (SSSR count). The normalized spacial score (nSPS) is 23.1. The van der Waals surface area contributed by atoms with Crippen LogP contribution < -0.4 is 0 Å². The number of allylic oxidation sites excluding steroid dienone is 1. The molecule has 0 saturated heterocycles. The van der Waals surface area contributed by atoms with Crippen LogP contribution in [0.2, 0.25) is 36.3 Å². The van der Waals surface area contributed by atoms with Crippen molar-refractivity contribution < 1.29 is 13.8 Å². The first-order valence-corrected chi connectivity index (χ1v) is 17.3. The molecule has 1 aromatic rings. The number of pyridine rings is 1. The van der Waals surface area contributed by atoms with Crippen LogP contribution >= 0.6 is 0 Å². The van der Waals surface area contributed by atoms with E-state index in [1.165, 1.54) is 6.20 Å². The maximum Gasteiger partial charge on any atom is 0.294 e. The van der Waals surface area contributed by atoms with Gasteiger partial charge in [0.2, 0.25) is 0 Å². The fourth-order valence-electron chi connectivity index (χ4n) is 3.47. The highest BCUT2D eigenvalue weighted by atomic mass is 28.4. The molecule has 0 fully saturated rings. The van der Waals surface area contributed by atoms with Crippen molar-refractivity contribution in [3.05, 3.63) is 40.2 Å². The Kier molecular flexibility index (Phi) is 7.66. The average molecular weight is 479 g/mol. The largest absolute Gasteiger partial charge is 0.411 e. The quantitative estimate of drug-likeness (QED) is 0.246. The summed E-state index contributed by atoms with van der Waals surface area (Å²) in [5.74, 6) is 0.173. The van der Waals surface area contributed by atoms with E-state index < -0.39 is 16.6 Å². The van der Waals surface area contributed by atoms with Crippen LogP contribution in [0.4, 0.5) is 5.69 Å². The highest BCUT2D eigenvalue weighted by molar-refractivity contribution is 6.74. The monoisotopic (exact) mass is 478 g/mol. The Labute approximate surface area is 196 Å². The molecule has 180 valence electrons. The van der Waals surface area contributed by atoms with Crippen molar-refractivity contribution in [2.75, 3.05) is 0 Å². The first kappa shape index (κ1) is 26.9. The summed E-state index contributed by atoms with van der Waals surface area (Å²) < 4.78 is 13.8. The second-order valence-corrected chi connectivity index (χ2v) is 21.7. The van der Waals surface area contributed by atoms with Gasteiger partial charge in [0.1, 0.15) is 6.20 Å². The first-order chi connectivity index (χ1) is 14.4. The number of nitrogens with zero attached hydrogens (tertiary/aromatic N) is 2. The summed E-state index contributed by atoms with van der Waals surface area (Å²) in [6, 6.07) is 1.75. The maximum absolute atomic E-state index is 11.6. The Morgan fingerprint density at radius 2 is 1.56 bits per heavy atom.